The van der Waals surface area contributed by atoms with Crippen LogP contribution < -0.4 is 5.48 Å². The SMILES string of the molecule is C=CC.CC.CC.CC(C)(C)OC(=O)c1ccc(C2=CCC3(C)C(CCC4(C)C3CCC3C5CCCC5(CNO)CC[C@]34C)C2(C)C)cc1. The van der Waals surface area contributed by atoms with Crippen LogP contribution in [0, 0.1) is 50.7 Å². The Morgan fingerprint density at radius 2 is 1.49 bits per heavy atom. The average molecular weight is 678 g/mol. The molecule has 0 spiro atoms. The number of benzene rings is 1. The van der Waals surface area contributed by atoms with Crippen LogP contribution in [0.2, 0.25) is 0 Å². The monoisotopic (exact) mass is 678 g/mol. The van der Waals surface area contributed by atoms with Gasteiger partial charge in [0.25, 0.3) is 0 Å². The summed E-state index contributed by atoms with van der Waals surface area (Å²) in [7, 11) is 0. The topological polar surface area (TPSA) is 58.6 Å². The summed E-state index contributed by atoms with van der Waals surface area (Å²) in [6.45, 7) is 32.8. The molecule has 4 saturated carbocycles. The third-order valence-corrected chi connectivity index (χ3v) is 14.4. The molecule has 7 unspecified atom stereocenters. The first-order valence-electron chi connectivity index (χ1n) is 20.0. The van der Waals surface area contributed by atoms with Crippen LogP contribution in [-0.2, 0) is 4.74 Å². The summed E-state index contributed by atoms with van der Waals surface area (Å²) >= 11 is 0. The molecule has 6 rings (SSSR count). The van der Waals surface area contributed by atoms with Gasteiger partial charge in [-0.1, -0.05) is 93.0 Å². The number of hydroxylamine groups is 1. The molecule has 5 aliphatic carbocycles. The quantitative estimate of drug-likeness (QED) is 0.189. The Morgan fingerprint density at radius 3 is 2.06 bits per heavy atom. The van der Waals surface area contributed by atoms with Crippen molar-refractivity contribution in [1.29, 1.82) is 0 Å². The number of nitrogens with one attached hydrogen (secondary N) is 1. The smallest absolute Gasteiger partial charge is 0.338 e. The summed E-state index contributed by atoms with van der Waals surface area (Å²) in [5, 5.41) is 9.78. The summed E-state index contributed by atoms with van der Waals surface area (Å²) in [6.07, 6.45) is 17.4. The Bertz CT molecular complexity index is 1290. The minimum atomic E-state index is -0.492. The molecule has 0 aromatic heterocycles. The van der Waals surface area contributed by atoms with E-state index in [0.717, 1.165) is 30.7 Å². The summed E-state index contributed by atoms with van der Waals surface area (Å²) in [5.74, 6) is 2.68. The van der Waals surface area contributed by atoms with Crippen molar-refractivity contribution in [2.24, 2.45) is 50.7 Å². The fraction of sp³-hybridized carbons (Fsp3) is 0.756. The third-order valence-electron chi connectivity index (χ3n) is 14.4. The van der Waals surface area contributed by atoms with Crippen LogP contribution in [0.3, 0.4) is 0 Å². The molecule has 2 N–H and O–H groups in total. The average Bonchev–Trinajstić information content (AvgIpc) is 3.47. The maximum atomic E-state index is 12.7. The summed E-state index contributed by atoms with van der Waals surface area (Å²) in [4.78, 5) is 12.7. The first-order chi connectivity index (χ1) is 23.0. The number of hydrogen-bond acceptors (Lipinski definition) is 4. The minimum absolute atomic E-state index is 0.0689. The number of fused-ring (bicyclic) bond motifs is 7. The number of esters is 1. The predicted octanol–water partition coefficient (Wildman–Crippen LogP) is 12.7. The van der Waals surface area contributed by atoms with Crippen molar-refractivity contribution in [3.05, 3.63) is 54.1 Å². The molecular weight excluding hydrogens is 602 g/mol. The molecule has 0 aliphatic heterocycles. The molecule has 4 nitrogen and oxygen atoms in total. The fourth-order valence-corrected chi connectivity index (χ4v) is 12.4. The number of hydrogen-bond donors (Lipinski definition) is 2. The van der Waals surface area contributed by atoms with E-state index in [9.17, 15) is 10.0 Å². The lowest BCUT2D eigenvalue weighted by Crippen LogP contribution is -2.65. The van der Waals surface area contributed by atoms with E-state index in [4.69, 9.17) is 4.74 Å². The first-order valence-corrected chi connectivity index (χ1v) is 20.0. The standard InChI is InChI=1S/C38H57NO3.C3H6.2C2H6/c1-33(2,3)42-32(40)26-13-11-25(12-14-26)27-17-20-35(6)30(34(27,4)5)18-21-37(8)31(35)16-15-28-29-10-9-19-38(29,24-39-41)23-22-36(28,37)7;1-3-2;2*1-2/h11-14,17,28-31,39,41H,9-10,15-16,18-24H2,1-8H3;3H,1H2,2H3;2*1-2H3/t28?,29?,30?,31?,35?,36-,37?,38?;;;/m1.../s1. The van der Waals surface area contributed by atoms with Gasteiger partial charge in [0.1, 0.15) is 5.60 Å². The number of carbonyl (C=O) groups excluding carboxylic acids is 1. The van der Waals surface area contributed by atoms with E-state index in [0.29, 0.717) is 33.1 Å². The van der Waals surface area contributed by atoms with Crippen molar-refractivity contribution >= 4 is 11.5 Å². The highest BCUT2D eigenvalue weighted by Crippen LogP contribution is 2.77. The molecule has 4 fully saturated rings. The van der Waals surface area contributed by atoms with Gasteiger partial charge in [0.15, 0.2) is 0 Å². The van der Waals surface area contributed by atoms with Gasteiger partial charge in [0.2, 0.25) is 0 Å². The molecule has 4 heteroatoms. The van der Waals surface area contributed by atoms with E-state index in [2.05, 4.69) is 64.9 Å². The Balaban J connectivity index is 0.000000867. The van der Waals surface area contributed by atoms with Crippen LogP contribution >= 0.6 is 0 Å². The molecule has 1 aromatic rings. The second kappa shape index (κ2) is 15.8. The molecule has 0 heterocycles. The largest absolute Gasteiger partial charge is 0.456 e. The van der Waals surface area contributed by atoms with E-state index in [1.54, 1.807) is 6.08 Å². The van der Waals surface area contributed by atoms with Crippen molar-refractivity contribution in [2.75, 3.05) is 6.54 Å². The predicted molar refractivity (Wildman–Crippen MR) is 209 cm³/mol. The van der Waals surface area contributed by atoms with Crippen molar-refractivity contribution < 1.29 is 14.7 Å². The molecule has 278 valence electrons. The molecule has 0 radical (unpaired) electrons. The first kappa shape index (κ1) is 41.5. The van der Waals surface area contributed by atoms with Gasteiger partial charge < -0.3 is 9.94 Å². The van der Waals surface area contributed by atoms with Crippen molar-refractivity contribution in [3.63, 3.8) is 0 Å². The van der Waals surface area contributed by atoms with Gasteiger partial charge in [0.05, 0.1) is 5.56 Å². The molecule has 0 amide bonds. The van der Waals surface area contributed by atoms with Crippen molar-refractivity contribution in [1.82, 2.24) is 5.48 Å². The normalized spacial score (nSPS) is 36.9. The molecule has 0 bridgehead atoms. The van der Waals surface area contributed by atoms with Crippen LogP contribution in [0.5, 0.6) is 0 Å². The van der Waals surface area contributed by atoms with Crippen LogP contribution in [-0.4, -0.2) is 23.3 Å². The van der Waals surface area contributed by atoms with E-state index < -0.39 is 5.60 Å². The molecule has 49 heavy (non-hydrogen) atoms. The zero-order chi connectivity index (χ0) is 37.1. The van der Waals surface area contributed by atoms with Gasteiger partial charge in [0, 0.05) is 6.54 Å². The van der Waals surface area contributed by atoms with E-state index in [1.165, 1.54) is 68.9 Å². The van der Waals surface area contributed by atoms with Crippen LogP contribution in [0.25, 0.3) is 5.57 Å². The fourth-order valence-electron chi connectivity index (χ4n) is 12.4. The van der Waals surface area contributed by atoms with Gasteiger partial charge in [-0.3, -0.25) is 0 Å². The minimum Gasteiger partial charge on any atom is -0.456 e. The highest BCUT2D eigenvalue weighted by molar-refractivity contribution is 5.90. The molecule has 1 aromatic carbocycles. The lowest BCUT2D eigenvalue weighted by molar-refractivity contribution is -0.223. The Labute approximate surface area is 302 Å². The molecule has 8 atom stereocenters. The van der Waals surface area contributed by atoms with Gasteiger partial charge in [-0.15, -0.1) is 6.58 Å². The van der Waals surface area contributed by atoms with Crippen molar-refractivity contribution in [3.8, 4) is 0 Å². The number of allylic oxidation sites excluding steroid dienone is 3. The summed E-state index contributed by atoms with van der Waals surface area (Å²) < 4.78 is 5.61. The highest BCUT2D eigenvalue weighted by atomic mass is 16.6. The maximum absolute atomic E-state index is 12.7. The highest BCUT2D eigenvalue weighted by Gasteiger charge is 2.69. The van der Waals surface area contributed by atoms with Crippen LogP contribution in [0.15, 0.2) is 43.0 Å². The molecular formula is C45H75NO3. The zero-order valence-electron chi connectivity index (χ0n) is 34.0. The van der Waals surface area contributed by atoms with Crippen molar-refractivity contribution in [2.45, 2.75) is 160 Å². The number of rotatable bonds is 4. The Hall–Kier alpha value is -1.91. The van der Waals surface area contributed by atoms with Crippen LogP contribution in [0.4, 0.5) is 0 Å². The van der Waals surface area contributed by atoms with E-state index in [-0.39, 0.29) is 11.4 Å². The van der Waals surface area contributed by atoms with Gasteiger partial charge in [-0.25, -0.2) is 10.3 Å². The lowest BCUT2D eigenvalue weighted by atomic mass is 9.32. The van der Waals surface area contributed by atoms with Gasteiger partial charge >= 0.3 is 5.97 Å². The van der Waals surface area contributed by atoms with Gasteiger partial charge in [-0.2, -0.15) is 0 Å². The third kappa shape index (κ3) is 7.26. The second-order valence-electron chi connectivity index (χ2n) is 17.9. The van der Waals surface area contributed by atoms with Crippen LogP contribution in [0.1, 0.15) is 170 Å². The lowest BCUT2D eigenvalue weighted by Gasteiger charge is -2.72. The van der Waals surface area contributed by atoms with E-state index in [1.807, 2.05) is 67.5 Å². The number of ether oxygens (including phenoxy) is 1. The second-order valence-corrected chi connectivity index (χ2v) is 17.9. The summed E-state index contributed by atoms with van der Waals surface area (Å²) in [6, 6.07) is 8.19. The van der Waals surface area contributed by atoms with E-state index >= 15 is 0 Å². The molecule has 5 aliphatic rings. The molecule has 0 saturated heterocycles. The Kier molecular flexibility index (Phi) is 13.4. The van der Waals surface area contributed by atoms with Gasteiger partial charge in [-0.05, 0) is 159 Å². The number of carbonyl (C=O) groups is 1. The Morgan fingerprint density at radius 1 is 0.878 bits per heavy atom. The summed E-state index contributed by atoms with van der Waals surface area (Å²) in [5.41, 5.74) is 6.88. The zero-order valence-corrected chi connectivity index (χ0v) is 34.0. The maximum Gasteiger partial charge on any atom is 0.338 e.